The van der Waals surface area contributed by atoms with Crippen molar-refractivity contribution >= 4 is 32.3 Å². The van der Waals surface area contributed by atoms with Gasteiger partial charge in [-0.1, -0.05) is 72.7 Å². The third-order valence-electron chi connectivity index (χ3n) is 4.47. The Labute approximate surface area is 148 Å². The second-order valence-corrected chi connectivity index (χ2v) is 5.93. The fourth-order valence-electron chi connectivity index (χ4n) is 3.32. The number of hydrogen-bond acceptors (Lipinski definition) is 0. The van der Waals surface area contributed by atoms with Crippen molar-refractivity contribution in [2.75, 3.05) is 0 Å². The van der Waals surface area contributed by atoms with Gasteiger partial charge >= 0.3 is 0 Å². The molecule has 0 unspecified atom stereocenters. The van der Waals surface area contributed by atoms with Crippen molar-refractivity contribution in [3.63, 3.8) is 0 Å². The molecule has 0 aliphatic rings. The van der Waals surface area contributed by atoms with E-state index in [0.717, 1.165) is 26.9 Å². The van der Waals surface area contributed by atoms with E-state index in [1.165, 1.54) is 5.39 Å². The van der Waals surface area contributed by atoms with Crippen molar-refractivity contribution in [2.45, 2.75) is 0 Å². The van der Waals surface area contributed by atoms with Crippen molar-refractivity contribution in [2.24, 2.45) is 0 Å². The first-order chi connectivity index (χ1) is 14.0. The third-order valence-corrected chi connectivity index (χ3v) is 4.47. The molecule has 5 rings (SSSR count). The maximum absolute atomic E-state index is 8.35. The molecule has 0 spiro atoms. The van der Waals surface area contributed by atoms with Gasteiger partial charge in [-0.15, -0.1) is 0 Å². The van der Waals surface area contributed by atoms with Crippen molar-refractivity contribution in [1.29, 1.82) is 0 Å². The molecule has 0 saturated carbocycles. The lowest BCUT2D eigenvalue weighted by Crippen LogP contribution is -1.83. The van der Waals surface area contributed by atoms with Gasteiger partial charge in [0.2, 0.25) is 0 Å². The minimum Gasteiger partial charge on any atom is -0.0622 e. The monoisotopic (exact) mass is 309 g/mol. The van der Waals surface area contributed by atoms with Gasteiger partial charge in [-0.2, -0.15) is 0 Å². The van der Waals surface area contributed by atoms with E-state index in [1.54, 1.807) is 0 Å². The predicted molar refractivity (Wildman–Crippen MR) is 104 cm³/mol. The van der Waals surface area contributed by atoms with Crippen LogP contribution < -0.4 is 0 Å². The standard InChI is InChI=1S/C24H16/c1-2-7-17(8-3-1)23-12-6-11-20-15-21-13-18-9-4-5-10-19(18)14-22(21)16-24(20)23/h1-16H/i1D,2D,3D,7D,8D. The molecule has 24 heavy (non-hydrogen) atoms. The zero-order valence-electron chi connectivity index (χ0n) is 17.9. The van der Waals surface area contributed by atoms with E-state index >= 15 is 0 Å². The highest BCUT2D eigenvalue weighted by Gasteiger charge is 2.06. The Balaban J connectivity index is 1.88. The van der Waals surface area contributed by atoms with Crippen LogP contribution in [0.3, 0.4) is 0 Å². The third kappa shape index (κ3) is 2.08. The summed E-state index contributed by atoms with van der Waals surface area (Å²) in [4.78, 5) is 0. The summed E-state index contributed by atoms with van der Waals surface area (Å²) in [6.07, 6.45) is 0. The van der Waals surface area contributed by atoms with Gasteiger partial charge in [0.25, 0.3) is 0 Å². The van der Waals surface area contributed by atoms with Crippen LogP contribution in [0.25, 0.3) is 43.4 Å². The normalized spacial score (nSPS) is 14.2. The number of rotatable bonds is 1. The maximum atomic E-state index is 8.35. The predicted octanol–water partition coefficient (Wildman–Crippen LogP) is 6.81. The molecule has 5 aromatic rings. The zero-order valence-corrected chi connectivity index (χ0v) is 12.9. The van der Waals surface area contributed by atoms with E-state index in [9.17, 15) is 0 Å². The van der Waals surface area contributed by atoms with Crippen LogP contribution in [0.4, 0.5) is 0 Å². The Kier molecular flexibility index (Phi) is 2.01. The molecule has 0 fully saturated rings. The summed E-state index contributed by atoms with van der Waals surface area (Å²) in [5.41, 5.74) is 0.885. The molecule has 0 N–H and O–H groups in total. The average Bonchev–Trinajstić information content (AvgIpc) is 2.74. The lowest BCUT2D eigenvalue weighted by atomic mass is 9.94. The second kappa shape index (κ2) is 5.21. The molecule has 0 bridgehead atoms. The fourth-order valence-corrected chi connectivity index (χ4v) is 3.32. The molecule has 0 amide bonds. The molecule has 0 radical (unpaired) electrons. The molecular formula is C24H16. The minimum atomic E-state index is -0.374. The lowest BCUT2D eigenvalue weighted by molar-refractivity contribution is 1.66. The summed E-state index contributed by atoms with van der Waals surface area (Å²) in [7, 11) is 0. The van der Waals surface area contributed by atoms with Gasteiger partial charge in [0.15, 0.2) is 0 Å². The molecule has 0 atom stereocenters. The Morgan fingerprint density at radius 1 is 0.542 bits per heavy atom. The lowest BCUT2D eigenvalue weighted by Gasteiger charge is -2.10. The van der Waals surface area contributed by atoms with Crippen LogP contribution in [0.5, 0.6) is 0 Å². The number of fused-ring (bicyclic) bond motifs is 3. The minimum absolute atomic E-state index is 0.179. The zero-order chi connectivity index (χ0) is 20.3. The van der Waals surface area contributed by atoms with Crippen LogP contribution in [0, 0.1) is 0 Å². The fraction of sp³-hybridized carbons (Fsp3) is 0. The second-order valence-electron chi connectivity index (χ2n) is 5.93. The molecule has 0 heterocycles. The van der Waals surface area contributed by atoms with Crippen LogP contribution in [0.1, 0.15) is 6.85 Å². The largest absolute Gasteiger partial charge is 0.0629 e. The number of benzene rings is 5. The van der Waals surface area contributed by atoms with Gasteiger partial charge in [0, 0.05) is 0 Å². The molecule has 0 saturated heterocycles. The number of hydrogen-bond donors (Lipinski definition) is 0. The molecule has 0 aromatic heterocycles. The van der Waals surface area contributed by atoms with Crippen molar-refractivity contribution in [1.82, 2.24) is 0 Å². The first-order valence-electron chi connectivity index (χ1n) is 10.4. The first-order valence-corrected chi connectivity index (χ1v) is 7.88. The summed E-state index contributed by atoms with van der Waals surface area (Å²) >= 11 is 0. The summed E-state index contributed by atoms with van der Waals surface area (Å²) in [6, 6.07) is 20.9. The van der Waals surface area contributed by atoms with Crippen molar-refractivity contribution in [3.05, 3.63) is 96.9 Å². The summed E-state index contributed by atoms with van der Waals surface area (Å²) in [5.74, 6) is 0. The van der Waals surface area contributed by atoms with Crippen LogP contribution in [0.15, 0.2) is 96.9 Å². The molecule has 5 aromatic carbocycles. The van der Waals surface area contributed by atoms with E-state index in [0.29, 0.717) is 5.56 Å². The molecule has 0 aliphatic heterocycles. The topological polar surface area (TPSA) is 0 Å². The molecule has 0 nitrogen and oxygen atoms in total. The Hall–Kier alpha value is -3.12. The van der Waals surface area contributed by atoms with Crippen LogP contribution >= 0.6 is 0 Å². The Bertz CT molecular complexity index is 1420. The van der Waals surface area contributed by atoms with Crippen LogP contribution in [0.2, 0.25) is 0 Å². The van der Waals surface area contributed by atoms with Gasteiger partial charge < -0.3 is 0 Å². The summed E-state index contributed by atoms with van der Waals surface area (Å²) < 4.78 is 40.6. The van der Waals surface area contributed by atoms with E-state index in [-0.39, 0.29) is 35.8 Å². The Morgan fingerprint density at radius 3 is 1.92 bits per heavy atom. The summed E-state index contributed by atoms with van der Waals surface area (Å²) in [6.45, 7) is 0. The molecule has 0 aliphatic carbocycles. The maximum Gasteiger partial charge on any atom is 0.0629 e. The van der Waals surface area contributed by atoms with Crippen molar-refractivity contribution < 1.29 is 6.85 Å². The van der Waals surface area contributed by atoms with Gasteiger partial charge in [-0.3, -0.25) is 0 Å². The molecule has 112 valence electrons. The SMILES string of the molecule is [2H]c1c([2H])c([2H])c(-c2cccc3cc4cc5ccccc5cc4cc23)c([2H])c1[2H]. The van der Waals surface area contributed by atoms with Crippen LogP contribution in [-0.2, 0) is 0 Å². The molecule has 0 heteroatoms. The van der Waals surface area contributed by atoms with E-state index in [1.807, 2.05) is 36.4 Å². The van der Waals surface area contributed by atoms with Gasteiger partial charge in [0.05, 0.1) is 6.85 Å². The Morgan fingerprint density at radius 2 is 1.17 bits per heavy atom. The molecular weight excluding hydrogens is 288 g/mol. The highest BCUT2D eigenvalue weighted by Crippen LogP contribution is 2.33. The van der Waals surface area contributed by atoms with E-state index < -0.39 is 0 Å². The summed E-state index contributed by atoms with van der Waals surface area (Å²) in [5, 5.41) is 6.30. The van der Waals surface area contributed by atoms with Gasteiger partial charge in [-0.05, 0) is 67.7 Å². The van der Waals surface area contributed by atoms with Crippen LogP contribution in [-0.4, -0.2) is 0 Å². The van der Waals surface area contributed by atoms with Gasteiger partial charge in [0.1, 0.15) is 0 Å². The highest BCUT2D eigenvalue weighted by atomic mass is 14.1. The quantitative estimate of drug-likeness (QED) is 0.298. The highest BCUT2D eigenvalue weighted by molar-refractivity contribution is 6.08. The van der Waals surface area contributed by atoms with Crippen molar-refractivity contribution in [3.8, 4) is 11.1 Å². The van der Waals surface area contributed by atoms with E-state index in [2.05, 4.69) is 30.3 Å². The first kappa shape index (κ1) is 9.24. The van der Waals surface area contributed by atoms with Gasteiger partial charge in [-0.25, -0.2) is 0 Å². The average molecular weight is 309 g/mol. The smallest absolute Gasteiger partial charge is 0.0622 e. The van der Waals surface area contributed by atoms with E-state index in [4.69, 9.17) is 6.85 Å².